The average Bonchev–Trinajstić information content (AvgIpc) is 3.14. The molecule has 2 saturated heterocycles. The van der Waals surface area contributed by atoms with E-state index in [2.05, 4.69) is 26.9 Å². The van der Waals surface area contributed by atoms with E-state index in [-0.39, 0.29) is 0 Å². The number of hydrogen-bond donors (Lipinski definition) is 0. The van der Waals surface area contributed by atoms with Gasteiger partial charge in [0, 0.05) is 32.2 Å². The van der Waals surface area contributed by atoms with E-state index >= 15 is 0 Å². The van der Waals surface area contributed by atoms with Crippen LogP contribution in [0.5, 0.6) is 0 Å². The number of rotatable bonds is 5. The van der Waals surface area contributed by atoms with Crippen LogP contribution in [0.25, 0.3) is 0 Å². The Morgan fingerprint density at radius 1 is 1.27 bits per heavy atom. The van der Waals surface area contributed by atoms with Gasteiger partial charge in [0.2, 0.25) is 5.89 Å². The maximum absolute atomic E-state index is 5.44. The van der Waals surface area contributed by atoms with Gasteiger partial charge in [-0.05, 0) is 39.4 Å². The van der Waals surface area contributed by atoms with Crippen LogP contribution in [0.15, 0.2) is 4.52 Å². The Balaban J connectivity index is 1.65. The third kappa shape index (κ3) is 3.34. The zero-order chi connectivity index (χ0) is 15.5. The third-order valence-electron chi connectivity index (χ3n) is 5.23. The second-order valence-electron chi connectivity index (χ2n) is 6.62. The monoisotopic (exact) mass is 308 g/mol. The van der Waals surface area contributed by atoms with Crippen molar-refractivity contribution in [1.82, 2.24) is 19.9 Å². The Hall–Kier alpha value is -0.980. The first-order valence-electron chi connectivity index (χ1n) is 8.46. The van der Waals surface area contributed by atoms with Crippen LogP contribution in [0, 0.1) is 12.8 Å². The maximum Gasteiger partial charge on any atom is 0.231 e. The van der Waals surface area contributed by atoms with Crippen molar-refractivity contribution in [1.29, 1.82) is 0 Å². The molecular formula is C16H28N4O2. The summed E-state index contributed by atoms with van der Waals surface area (Å²) in [4.78, 5) is 9.63. The van der Waals surface area contributed by atoms with Gasteiger partial charge in [-0.3, -0.25) is 4.90 Å². The van der Waals surface area contributed by atoms with E-state index in [1.165, 1.54) is 32.5 Å². The van der Waals surface area contributed by atoms with E-state index in [1.807, 2.05) is 6.92 Å². The van der Waals surface area contributed by atoms with Crippen LogP contribution in [-0.4, -0.2) is 72.4 Å². The van der Waals surface area contributed by atoms with Crippen LogP contribution in [0.3, 0.4) is 0 Å². The standard InChI is InChI=1S/C16H28N4O2/c1-4-19-7-5-14(6-8-19)20-9-13(11-21-3)15(10-20)16-17-12(2)18-22-16/h13-15H,4-11H2,1-3H3/t13-,15+/m0/s1. The second kappa shape index (κ2) is 7.06. The minimum atomic E-state index is 0.311. The molecule has 0 radical (unpaired) electrons. The Labute approximate surface area is 132 Å². The average molecular weight is 308 g/mol. The number of aromatic nitrogens is 2. The van der Waals surface area contributed by atoms with Gasteiger partial charge in [-0.25, -0.2) is 0 Å². The van der Waals surface area contributed by atoms with E-state index in [4.69, 9.17) is 9.26 Å². The molecule has 3 heterocycles. The van der Waals surface area contributed by atoms with Crippen molar-refractivity contribution in [2.45, 2.75) is 38.6 Å². The van der Waals surface area contributed by atoms with Crippen LogP contribution < -0.4 is 0 Å². The molecule has 0 bridgehead atoms. The second-order valence-corrected chi connectivity index (χ2v) is 6.62. The Kier molecular flexibility index (Phi) is 5.10. The van der Waals surface area contributed by atoms with E-state index in [1.54, 1.807) is 7.11 Å². The van der Waals surface area contributed by atoms with Gasteiger partial charge in [0.05, 0.1) is 12.5 Å². The summed E-state index contributed by atoms with van der Waals surface area (Å²) in [6.45, 7) is 10.6. The number of hydrogen-bond acceptors (Lipinski definition) is 6. The molecule has 6 nitrogen and oxygen atoms in total. The van der Waals surface area contributed by atoms with Gasteiger partial charge >= 0.3 is 0 Å². The normalized spacial score (nSPS) is 28.5. The topological polar surface area (TPSA) is 54.6 Å². The molecule has 22 heavy (non-hydrogen) atoms. The molecule has 1 aromatic heterocycles. The van der Waals surface area contributed by atoms with Crippen LogP contribution in [-0.2, 0) is 4.74 Å². The van der Waals surface area contributed by atoms with Crippen LogP contribution in [0.1, 0.15) is 37.4 Å². The maximum atomic E-state index is 5.44. The zero-order valence-electron chi connectivity index (χ0n) is 14.0. The zero-order valence-corrected chi connectivity index (χ0v) is 14.0. The highest BCUT2D eigenvalue weighted by atomic mass is 16.5. The molecule has 2 aliphatic heterocycles. The summed E-state index contributed by atoms with van der Waals surface area (Å²) in [6.07, 6.45) is 2.53. The predicted molar refractivity (Wildman–Crippen MR) is 83.9 cm³/mol. The molecule has 0 aliphatic carbocycles. The highest BCUT2D eigenvalue weighted by Crippen LogP contribution is 2.34. The predicted octanol–water partition coefficient (Wildman–Crippen LogP) is 1.52. The summed E-state index contributed by atoms with van der Waals surface area (Å²) in [6, 6.07) is 0.691. The van der Waals surface area contributed by atoms with Gasteiger partial charge in [0.1, 0.15) is 0 Å². The Morgan fingerprint density at radius 3 is 2.64 bits per heavy atom. The molecule has 2 fully saturated rings. The number of nitrogens with zero attached hydrogens (tertiary/aromatic N) is 4. The summed E-state index contributed by atoms with van der Waals surface area (Å²) < 4.78 is 10.9. The van der Waals surface area contributed by atoms with Gasteiger partial charge in [0.15, 0.2) is 5.82 Å². The quantitative estimate of drug-likeness (QED) is 0.822. The number of ether oxygens (including phenoxy) is 1. The molecule has 3 rings (SSSR count). The summed E-state index contributed by atoms with van der Waals surface area (Å²) in [5, 5.41) is 3.96. The lowest BCUT2D eigenvalue weighted by Gasteiger charge is -2.36. The molecular weight excluding hydrogens is 280 g/mol. The van der Waals surface area contributed by atoms with Crippen LogP contribution in [0.2, 0.25) is 0 Å². The summed E-state index contributed by atoms with van der Waals surface area (Å²) in [5.74, 6) is 2.27. The summed E-state index contributed by atoms with van der Waals surface area (Å²) in [5.41, 5.74) is 0. The van der Waals surface area contributed by atoms with Crippen molar-refractivity contribution in [2.24, 2.45) is 5.92 Å². The largest absolute Gasteiger partial charge is 0.384 e. The van der Waals surface area contributed by atoms with Crippen molar-refractivity contribution >= 4 is 0 Å². The SMILES string of the molecule is CCN1CCC(N2C[C@@H](COC)[C@H](c3nc(C)no3)C2)CC1. The third-order valence-corrected chi connectivity index (χ3v) is 5.23. The molecule has 2 atom stereocenters. The summed E-state index contributed by atoms with van der Waals surface area (Å²) >= 11 is 0. The Bertz CT molecular complexity index is 470. The number of methoxy groups -OCH3 is 1. The summed E-state index contributed by atoms with van der Waals surface area (Å²) in [7, 11) is 1.78. The lowest BCUT2D eigenvalue weighted by atomic mass is 9.97. The fraction of sp³-hybridized carbons (Fsp3) is 0.875. The van der Waals surface area contributed by atoms with Gasteiger partial charge in [0.25, 0.3) is 0 Å². The minimum Gasteiger partial charge on any atom is -0.384 e. The molecule has 2 aliphatic rings. The fourth-order valence-electron chi connectivity index (χ4n) is 3.93. The van der Waals surface area contributed by atoms with Gasteiger partial charge < -0.3 is 14.2 Å². The molecule has 124 valence electrons. The molecule has 0 N–H and O–H groups in total. The lowest BCUT2D eigenvalue weighted by Crippen LogP contribution is -2.44. The lowest BCUT2D eigenvalue weighted by molar-refractivity contribution is 0.114. The van der Waals surface area contributed by atoms with Gasteiger partial charge in [-0.15, -0.1) is 0 Å². The smallest absolute Gasteiger partial charge is 0.231 e. The van der Waals surface area contributed by atoms with E-state index < -0.39 is 0 Å². The molecule has 0 aromatic carbocycles. The van der Waals surface area contributed by atoms with Gasteiger partial charge in [-0.2, -0.15) is 4.98 Å². The highest BCUT2D eigenvalue weighted by molar-refractivity contribution is 5.04. The number of aryl methyl sites for hydroxylation is 1. The van der Waals surface area contributed by atoms with E-state index in [9.17, 15) is 0 Å². The molecule has 1 aromatic rings. The number of likely N-dealkylation sites (tertiary alicyclic amines) is 2. The van der Waals surface area contributed by atoms with Crippen LogP contribution >= 0.6 is 0 Å². The minimum absolute atomic E-state index is 0.311. The first-order chi connectivity index (χ1) is 10.7. The first-order valence-corrected chi connectivity index (χ1v) is 8.46. The van der Waals surface area contributed by atoms with E-state index in [0.717, 1.165) is 31.4 Å². The molecule has 0 spiro atoms. The molecule has 0 amide bonds. The van der Waals surface area contributed by atoms with Crippen molar-refractivity contribution in [3.63, 3.8) is 0 Å². The highest BCUT2D eigenvalue weighted by Gasteiger charge is 2.40. The van der Waals surface area contributed by atoms with Crippen molar-refractivity contribution in [3.8, 4) is 0 Å². The van der Waals surface area contributed by atoms with Crippen LogP contribution in [0.4, 0.5) is 0 Å². The first kappa shape index (κ1) is 15.9. The molecule has 6 heteroatoms. The van der Waals surface area contributed by atoms with Crippen molar-refractivity contribution < 1.29 is 9.26 Å². The number of piperidine rings is 1. The van der Waals surface area contributed by atoms with E-state index in [0.29, 0.717) is 17.9 Å². The Morgan fingerprint density at radius 2 is 2.05 bits per heavy atom. The molecule has 0 unspecified atom stereocenters. The van der Waals surface area contributed by atoms with Crippen molar-refractivity contribution in [2.75, 3.05) is 46.4 Å². The van der Waals surface area contributed by atoms with Gasteiger partial charge in [-0.1, -0.05) is 12.1 Å². The van der Waals surface area contributed by atoms with Crippen molar-refractivity contribution in [3.05, 3.63) is 11.7 Å². The molecule has 0 saturated carbocycles. The fourth-order valence-corrected chi connectivity index (χ4v) is 3.93.